The van der Waals surface area contributed by atoms with E-state index in [0.717, 1.165) is 11.1 Å². The zero-order valence-electron chi connectivity index (χ0n) is 15.5. The average molecular weight is 372 g/mol. The number of methoxy groups -OCH3 is 1. The molecule has 3 aromatic rings. The SMILES string of the molecule is COc1cc(C=CC(=O)CC(=O)c2ccc(-c3ccccc3)cc2)ccc1O. The number of phenols is 1. The highest BCUT2D eigenvalue weighted by Crippen LogP contribution is 2.26. The van der Waals surface area contributed by atoms with Crippen LogP contribution in [0.2, 0.25) is 0 Å². The van der Waals surface area contributed by atoms with Crippen LogP contribution in [0.3, 0.4) is 0 Å². The predicted molar refractivity (Wildman–Crippen MR) is 110 cm³/mol. The lowest BCUT2D eigenvalue weighted by atomic mass is 10.0. The van der Waals surface area contributed by atoms with E-state index in [0.29, 0.717) is 16.9 Å². The van der Waals surface area contributed by atoms with Gasteiger partial charge in [-0.15, -0.1) is 0 Å². The second-order valence-corrected chi connectivity index (χ2v) is 6.27. The first-order chi connectivity index (χ1) is 13.6. The van der Waals surface area contributed by atoms with Gasteiger partial charge in [0.2, 0.25) is 0 Å². The average Bonchev–Trinajstić information content (AvgIpc) is 2.74. The number of benzene rings is 3. The summed E-state index contributed by atoms with van der Waals surface area (Å²) >= 11 is 0. The van der Waals surface area contributed by atoms with Gasteiger partial charge >= 0.3 is 0 Å². The van der Waals surface area contributed by atoms with E-state index in [-0.39, 0.29) is 23.7 Å². The van der Waals surface area contributed by atoms with Gasteiger partial charge in [-0.3, -0.25) is 9.59 Å². The van der Waals surface area contributed by atoms with Crippen LogP contribution in [0.5, 0.6) is 11.5 Å². The molecule has 0 atom stereocenters. The van der Waals surface area contributed by atoms with Crippen LogP contribution in [0.1, 0.15) is 22.3 Å². The van der Waals surface area contributed by atoms with Gasteiger partial charge in [-0.1, -0.05) is 66.7 Å². The van der Waals surface area contributed by atoms with Crippen LogP contribution in [-0.2, 0) is 4.79 Å². The van der Waals surface area contributed by atoms with Crippen LogP contribution in [0.4, 0.5) is 0 Å². The number of allylic oxidation sites excluding steroid dienone is 1. The largest absolute Gasteiger partial charge is 0.504 e. The van der Waals surface area contributed by atoms with Crippen molar-refractivity contribution in [2.45, 2.75) is 6.42 Å². The first kappa shape index (κ1) is 19.1. The third-order valence-electron chi connectivity index (χ3n) is 4.31. The van der Waals surface area contributed by atoms with Gasteiger partial charge in [-0.25, -0.2) is 0 Å². The third kappa shape index (κ3) is 4.74. The quantitative estimate of drug-likeness (QED) is 0.363. The van der Waals surface area contributed by atoms with Crippen LogP contribution < -0.4 is 4.74 Å². The van der Waals surface area contributed by atoms with Crippen LogP contribution in [-0.4, -0.2) is 23.8 Å². The number of carbonyl (C=O) groups excluding carboxylic acids is 2. The second-order valence-electron chi connectivity index (χ2n) is 6.27. The fraction of sp³-hybridized carbons (Fsp3) is 0.0833. The predicted octanol–water partition coefficient (Wildman–Crippen LogP) is 4.92. The summed E-state index contributed by atoms with van der Waals surface area (Å²) in [6, 6.07) is 21.9. The summed E-state index contributed by atoms with van der Waals surface area (Å²) in [6.07, 6.45) is 2.76. The molecule has 0 fully saturated rings. The normalized spacial score (nSPS) is 10.8. The van der Waals surface area contributed by atoms with E-state index in [4.69, 9.17) is 4.74 Å². The van der Waals surface area contributed by atoms with Gasteiger partial charge in [0, 0.05) is 5.56 Å². The van der Waals surface area contributed by atoms with Crippen molar-refractivity contribution in [3.05, 3.63) is 90.0 Å². The number of phenolic OH excluding ortho intramolecular Hbond substituents is 1. The summed E-state index contributed by atoms with van der Waals surface area (Å²) in [5, 5.41) is 9.59. The van der Waals surface area contributed by atoms with Crippen molar-refractivity contribution in [2.75, 3.05) is 7.11 Å². The fourth-order valence-electron chi connectivity index (χ4n) is 2.79. The van der Waals surface area contributed by atoms with E-state index >= 15 is 0 Å². The van der Waals surface area contributed by atoms with Gasteiger partial charge < -0.3 is 9.84 Å². The Morgan fingerprint density at radius 1 is 0.929 bits per heavy atom. The number of carbonyl (C=O) groups is 2. The molecule has 0 aliphatic rings. The second kappa shape index (κ2) is 8.82. The van der Waals surface area contributed by atoms with Gasteiger partial charge in [-0.2, -0.15) is 0 Å². The lowest BCUT2D eigenvalue weighted by molar-refractivity contribution is -0.113. The van der Waals surface area contributed by atoms with E-state index in [1.807, 2.05) is 42.5 Å². The fourth-order valence-corrected chi connectivity index (χ4v) is 2.79. The number of Topliss-reactive ketones (excluding diaryl/α,β-unsaturated/α-hetero) is 1. The number of ether oxygens (including phenoxy) is 1. The maximum atomic E-state index is 12.4. The highest BCUT2D eigenvalue weighted by molar-refractivity contribution is 6.12. The minimum atomic E-state index is -0.288. The van der Waals surface area contributed by atoms with Crippen molar-refractivity contribution in [1.82, 2.24) is 0 Å². The van der Waals surface area contributed by atoms with Crippen molar-refractivity contribution in [3.63, 3.8) is 0 Å². The number of rotatable bonds is 7. The highest BCUT2D eigenvalue weighted by atomic mass is 16.5. The van der Waals surface area contributed by atoms with E-state index in [9.17, 15) is 14.7 Å². The Balaban J connectivity index is 1.63. The van der Waals surface area contributed by atoms with Crippen LogP contribution in [0.15, 0.2) is 78.9 Å². The molecule has 0 aliphatic carbocycles. The van der Waals surface area contributed by atoms with E-state index in [1.54, 1.807) is 30.3 Å². The highest BCUT2D eigenvalue weighted by Gasteiger charge is 2.10. The van der Waals surface area contributed by atoms with Crippen LogP contribution >= 0.6 is 0 Å². The Morgan fingerprint density at radius 2 is 1.61 bits per heavy atom. The van der Waals surface area contributed by atoms with Crippen molar-refractivity contribution in [2.24, 2.45) is 0 Å². The van der Waals surface area contributed by atoms with Crippen LogP contribution in [0, 0.1) is 0 Å². The molecular formula is C24H20O4. The smallest absolute Gasteiger partial charge is 0.170 e. The molecule has 4 nitrogen and oxygen atoms in total. The van der Waals surface area contributed by atoms with Crippen molar-refractivity contribution < 1.29 is 19.4 Å². The standard InChI is InChI=1S/C24H20O4/c1-28-24-15-17(8-14-22(24)26)7-13-21(25)16-23(27)20-11-9-19(10-12-20)18-5-3-2-4-6-18/h2-15,26H,16H2,1H3. The zero-order valence-corrected chi connectivity index (χ0v) is 15.5. The zero-order chi connectivity index (χ0) is 19.9. The maximum absolute atomic E-state index is 12.4. The molecule has 140 valence electrons. The topological polar surface area (TPSA) is 63.6 Å². The molecule has 3 aromatic carbocycles. The molecular weight excluding hydrogens is 352 g/mol. The minimum Gasteiger partial charge on any atom is -0.504 e. The molecule has 0 aromatic heterocycles. The summed E-state index contributed by atoms with van der Waals surface area (Å²) in [5.41, 5.74) is 3.30. The van der Waals surface area contributed by atoms with Crippen molar-refractivity contribution in [3.8, 4) is 22.6 Å². The Kier molecular flexibility index (Phi) is 6.02. The molecule has 1 N–H and O–H groups in total. The lowest BCUT2D eigenvalue weighted by Crippen LogP contribution is -2.05. The summed E-state index contributed by atoms with van der Waals surface area (Å²) in [5.74, 6) is -0.161. The van der Waals surface area contributed by atoms with Crippen molar-refractivity contribution in [1.29, 1.82) is 0 Å². The summed E-state index contributed by atoms with van der Waals surface area (Å²) in [7, 11) is 1.45. The molecule has 0 heterocycles. The molecule has 4 heteroatoms. The molecule has 0 amide bonds. The van der Waals surface area contributed by atoms with Gasteiger partial charge in [0.1, 0.15) is 0 Å². The Hall–Kier alpha value is -3.66. The molecule has 0 radical (unpaired) electrons. The number of ketones is 2. The maximum Gasteiger partial charge on any atom is 0.170 e. The molecule has 0 saturated heterocycles. The lowest BCUT2D eigenvalue weighted by Gasteiger charge is -2.04. The molecule has 28 heavy (non-hydrogen) atoms. The molecule has 0 aliphatic heterocycles. The minimum absolute atomic E-state index is 0.0279. The van der Waals surface area contributed by atoms with E-state index < -0.39 is 0 Å². The third-order valence-corrected chi connectivity index (χ3v) is 4.31. The van der Waals surface area contributed by atoms with Crippen LogP contribution in [0.25, 0.3) is 17.2 Å². The van der Waals surface area contributed by atoms with Gasteiger partial charge in [0.25, 0.3) is 0 Å². The summed E-state index contributed by atoms with van der Waals surface area (Å²) in [6.45, 7) is 0. The first-order valence-corrected chi connectivity index (χ1v) is 8.83. The number of aromatic hydroxyl groups is 1. The Bertz CT molecular complexity index is 1000. The van der Waals surface area contributed by atoms with Gasteiger partial charge in [-0.05, 0) is 34.9 Å². The Morgan fingerprint density at radius 3 is 2.29 bits per heavy atom. The molecule has 0 bridgehead atoms. The van der Waals surface area contributed by atoms with Gasteiger partial charge in [0.15, 0.2) is 23.1 Å². The summed E-state index contributed by atoms with van der Waals surface area (Å²) < 4.78 is 5.03. The van der Waals surface area contributed by atoms with Gasteiger partial charge in [0.05, 0.1) is 13.5 Å². The molecule has 0 unspecified atom stereocenters. The first-order valence-electron chi connectivity index (χ1n) is 8.83. The molecule has 0 spiro atoms. The molecule has 0 saturated carbocycles. The number of hydrogen-bond acceptors (Lipinski definition) is 4. The summed E-state index contributed by atoms with van der Waals surface area (Å²) in [4.78, 5) is 24.5. The monoisotopic (exact) mass is 372 g/mol. The van der Waals surface area contributed by atoms with E-state index in [2.05, 4.69) is 0 Å². The van der Waals surface area contributed by atoms with E-state index in [1.165, 1.54) is 19.3 Å². The number of hydrogen-bond donors (Lipinski definition) is 1. The Labute approximate surface area is 163 Å². The van der Waals surface area contributed by atoms with Crippen molar-refractivity contribution >= 4 is 17.6 Å². The molecule has 3 rings (SSSR count).